The van der Waals surface area contributed by atoms with E-state index in [9.17, 15) is 8.42 Å². The number of sulfonamides is 1. The SMILES string of the molecule is CCCC(NS(=O)(=O)c1ccnc(N)c1)c1cccs1. The van der Waals surface area contributed by atoms with Gasteiger partial charge in [0.25, 0.3) is 0 Å². The molecule has 0 radical (unpaired) electrons. The molecule has 2 aromatic rings. The predicted molar refractivity (Wildman–Crippen MR) is 80.9 cm³/mol. The molecule has 0 aliphatic carbocycles. The Kier molecular flexibility index (Phi) is 4.74. The fourth-order valence-electron chi connectivity index (χ4n) is 1.89. The van der Waals surface area contributed by atoms with E-state index in [0.29, 0.717) is 0 Å². The molecule has 1 atom stereocenters. The second-order valence-corrected chi connectivity index (χ2v) is 7.09. The maximum absolute atomic E-state index is 12.4. The Morgan fingerprint density at radius 1 is 1.45 bits per heavy atom. The van der Waals surface area contributed by atoms with Gasteiger partial charge in [-0.3, -0.25) is 0 Å². The van der Waals surface area contributed by atoms with Gasteiger partial charge in [0.2, 0.25) is 10.0 Å². The molecule has 0 aliphatic heterocycles. The average molecular weight is 311 g/mol. The largest absolute Gasteiger partial charge is 0.384 e. The first-order chi connectivity index (χ1) is 9.53. The number of nitrogens with one attached hydrogen (secondary N) is 1. The first-order valence-corrected chi connectivity index (χ1v) is 8.66. The highest BCUT2D eigenvalue weighted by Crippen LogP contribution is 2.25. The van der Waals surface area contributed by atoms with Gasteiger partial charge in [-0.2, -0.15) is 0 Å². The summed E-state index contributed by atoms with van der Waals surface area (Å²) < 4.78 is 27.5. The highest BCUT2D eigenvalue weighted by molar-refractivity contribution is 7.89. The lowest BCUT2D eigenvalue weighted by Crippen LogP contribution is -2.28. The Labute approximate surface area is 122 Å². The van der Waals surface area contributed by atoms with Crippen LogP contribution in [0.5, 0.6) is 0 Å². The van der Waals surface area contributed by atoms with Crippen molar-refractivity contribution in [2.75, 3.05) is 5.73 Å². The van der Waals surface area contributed by atoms with Crippen LogP contribution in [0.15, 0.2) is 40.7 Å². The average Bonchev–Trinajstić information content (AvgIpc) is 2.92. The number of thiophene rings is 1. The monoisotopic (exact) mass is 311 g/mol. The van der Waals surface area contributed by atoms with Crippen LogP contribution in [-0.4, -0.2) is 13.4 Å². The van der Waals surface area contributed by atoms with Crippen molar-refractivity contribution in [2.24, 2.45) is 0 Å². The summed E-state index contributed by atoms with van der Waals surface area (Å²) in [7, 11) is -3.59. The molecule has 0 fully saturated rings. The standard InChI is InChI=1S/C13H17N3O2S2/c1-2-4-11(12-5-3-8-19-12)16-20(17,18)10-6-7-15-13(14)9-10/h3,5-9,11,16H,2,4H2,1H3,(H2,14,15). The van der Waals surface area contributed by atoms with Gasteiger partial charge in [0, 0.05) is 17.1 Å². The molecular formula is C13H17N3O2S2. The third-order valence-electron chi connectivity index (χ3n) is 2.82. The number of nitrogen functional groups attached to an aromatic ring is 1. The maximum Gasteiger partial charge on any atom is 0.241 e. The van der Waals surface area contributed by atoms with Crippen molar-refractivity contribution in [3.63, 3.8) is 0 Å². The fraction of sp³-hybridized carbons (Fsp3) is 0.308. The molecule has 5 nitrogen and oxygen atoms in total. The molecule has 1 unspecified atom stereocenters. The summed E-state index contributed by atoms with van der Waals surface area (Å²) in [6.45, 7) is 2.03. The third kappa shape index (κ3) is 3.56. The number of hydrogen-bond acceptors (Lipinski definition) is 5. The predicted octanol–water partition coefficient (Wildman–Crippen LogP) is 2.55. The van der Waals surface area contributed by atoms with Crippen LogP contribution in [0.2, 0.25) is 0 Å². The minimum absolute atomic E-state index is 0.141. The fourth-order valence-corrected chi connectivity index (χ4v) is 4.05. The van der Waals surface area contributed by atoms with Crippen molar-refractivity contribution < 1.29 is 8.42 Å². The minimum Gasteiger partial charge on any atom is -0.384 e. The normalized spacial score (nSPS) is 13.2. The Balaban J connectivity index is 2.25. The minimum atomic E-state index is -3.59. The summed E-state index contributed by atoms with van der Waals surface area (Å²) in [5.74, 6) is 0.191. The van der Waals surface area contributed by atoms with Gasteiger partial charge in [0.15, 0.2) is 0 Å². The van der Waals surface area contributed by atoms with Gasteiger partial charge in [-0.15, -0.1) is 11.3 Å². The summed E-state index contributed by atoms with van der Waals surface area (Å²) in [5.41, 5.74) is 5.54. The smallest absolute Gasteiger partial charge is 0.241 e. The van der Waals surface area contributed by atoms with Crippen molar-refractivity contribution in [3.8, 4) is 0 Å². The maximum atomic E-state index is 12.4. The van der Waals surface area contributed by atoms with Crippen LogP contribution in [0.3, 0.4) is 0 Å². The second-order valence-electron chi connectivity index (χ2n) is 4.39. The number of nitrogens with zero attached hydrogens (tertiary/aromatic N) is 1. The van der Waals surface area contributed by atoms with E-state index in [-0.39, 0.29) is 16.8 Å². The van der Waals surface area contributed by atoms with Crippen molar-refractivity contribution in [3.05, 3.63) is 40.7 Å². The first kappa shape index (κ1) is 15.0. The molecule has 2 rings (SSSR count). The van der Waals surface area contributed by atoms with Gasteiger partial charge in [-0.05, 0) is 23.9 Å². The molecule has 7 heteroatoms. The zero-order valence-corrected chi connectivity index (χ0v) is 12.7. The first-order valence-electron chi connectivity index (χ1n) is 6.30. The zero-order valence-electron chi connectivity index (χ0n) is 11.1. The Morgan fingerprint density at radius 2 is 2.25 bits per heavy atom. The van der Waals surface area contributed by atoms with Crippen molar-refractivity contribution in [2.45, 2.75) is 30.7 Å². The molecule has 2 aromatic heterocycles. The highest BCUT2D eigenvalue weighted by Gasteiger charge is 2.21. The molecule has 108 valence electrons. The number of hydrogen-bond donors (Lipinski definition) is 2. The van der Waals surface area contributed by atoms with Crippen molar-refractivity contribution in [1.82, 2.24) is 9.71 Å². The van der Waals surface area contributed by atoms with E-state index in [1.165, 1.54) is 18.3 Å². The van der Waals surface area contributed by atoms with E-state index in [4.69, 9.17) is 5.73 Å². The molecule has 0 amide bonds. The van der Waals surface area contributed by atoms with Gasteiger partial charge in [-0.1, -0.05) is 19.4 Å². The number of aromatic nitrogens is 1. The zero-order chi connectivity index (χ0) is 14.6. The van der Waals surface area contributed by atoms with Crippen LogP contribution in [-0.2, 0) is 10.0 Å². The summed E-state index contributed by atoms with van der Waals surface area (Å²) in [6, 6.07) is 6.45. The molecule has 0 spiro atoms. The molecule has 0 aromatic carbocycles. The third-order valence-corrected chi connectivity index (χ3v) is 5.28. The summed E-state index contributed by atoms with van der Waals surface area (Å²) in [6.07, 6.45) is 3.04. The molecular weight excluding hydrogens is 294 g/mol. The lowest BCUT2D eigenvalue weighted by atomic mass is 10.1. The van der Waals surface area contributed by atoms with Crippen LogP contribution >= 0.6 is 11.3 Å². The Bertz CT molecular complexity index is 654. The van der Waals surface area contributed by atoms with E-state index >= 15 is 0 Å². The molecule has 0 saturated heterocycles. The van der Waals surface area contributed by atoms with E-state index < -0.39 is 10.0 Å². The van der Waals surface area contributed by atoms with E-state index in [1.807, 2.05) is 24.4 Å². The Hall–Kier alpha value is -1.44. The van der Waals surface area contributed by atoms with Gasteiger partial charge in [0.1, 0.15) is 5.82 Å². The summed E-state index contributed by atoms with van der Waals surface area (Å²) >= 11 is 1.55. The van der Waals surface area contributed by atoms with Crippen LogP contribution in [0.1, 0.15) is 30.7 Å². The van der Waals surface area contributed by atoms with E-state index in [0.717, 1.165) is 17.7 Å². The van der Waals surface area contributed by atoms with E-state index in [1.54, 1.807) is 11.3 Å². The van der Waals surface area contributed by atoms with Gasteiger partial charge < -0.3 is 5.73 Å². The second kappa shape index (κ2) is 6.34. The lowest BCUT2D eigenvalue weighted by molar-refractivity contribution is 0.540. The summed E-state index contributed by atoms with van der Waals surface area (Å²) in [4.78, 5) is 4.96. The molecule has 0 saturated carbocycles. The topological polar surface area (TPSA) is 85.1 Å². The summed E-state index contributed by atoms with van der Waals surface area (Å²) in [5, 5.41) is 1.94. The van der Waals surface area contributed by atoms with Crippen LogP contribution in [0.25, 0.3) is 0 Å². The molecule has 2 heterocycles. The lowest BCUT2D eigenvalue weighted by Gasteiger charge is -2.17. The van der Waals surface area contributed by atoms with Crippen LogP contribution in [0, 0.1) is 0 Å². The Morgan fingerprint density at radius 3 is 2.85 bits per heavy atom. The molecule has 3 N–H and O–H groups in total. The number of pyridine rings is 1. The van der Waals surface area contributed by atoms with Crippen molar-refractivity contribution in [1.29, 1.82) is 0 Å². The van der Waals surface area contributed by atoms with Gasteiger partial charge in [-0.25, -0.2) is 18.1 Å². The quantitative estimate of drug-likeness (QED) is 0.858. The molecule has 0 bridgehead atoms. The van der Waals surface area contributed by atoms with Crippen LogP contribution in [0.4, 0.5) is 5.82 Å². The highest BCUT2D eigenvalue weighted by atomic mass is 32.2. The van der Waals surface area contributed by atoms with Gasteiger partial charge in [0.05, 0.1) is 10.9 Å². The molecule has 20 heavy (non-hydrogen) atoms. The van der Waals surface area contributed by atoms with Gasteiger partial charge >= 0.3 is 0 Å². The molecule has 0 aliphatic rings. The number of nitrogens with two attached hydrogens (primary N) is 1. The van der Waals surface area contributed by atoms with E-state index in [2.05, 4.69) is 9.71 Å². The number of rotatable bonds is 6. The van der Waals surface area contributed by atoms with Crippen LogP contribution < -0.4 is 10.5 Å². The van der Waals surface area contributed by atoms with Crippen molar-refractivity contribution >= 4 is 27.2 Å². The number of anilines is 1.